The van der Waals surface area contributed by atoms with Crippen LogP contribution in [0, 0.1) is 0 Å². The molecular weight excluding hydrogens is 272 g/mol. The van der Waals surface area contributed by atoms with Crippen LogP contribution < -0.4 is 10.2 Å². The van der Waals surface area contributed by atoms with E-state index in [0.717, 1.165) is 0 Å². The molecule has 0 N–H and O–H groups in total. The number of hydrogen-bond acceptors (Lipinski definition) is 4. The van der Waals surface area contributed by atoms with Crippen LogP contribution in [-0.2, 0) is 19.3 Å². The first-order valence-corrected chi connectivity index (χ1v) is 1.14. The van der Waals surface area contributed by atoms with Gasteiger partial charge in [0.25, 0.3) is 0 Å². The fourth-order valence-electron chi connectivity index (χ4n) is 0. The van der Waals surface area contributed by atoms with Gasteiger partial charge in [-0.05, 0) is 6.16 Å². The monoisotopic (exact) mass is 272 g/mol. The Hall–Kier alpha value is 1.13. The molecule has 0 amide bonds. The van der Waals surface area contributed by atoms with Crippen molar-refractivity contribution in [1.82, 2.24) is 0 Å². The van der Waals surface area contributed by atoms with Crippen molar-refractivity contribution in [1.29, 1.82) is 0 Å². The Bertz CT molecular complexity index is 43.0. The van der Waals surface area contributed by atoms with Crippen molar-refractivity contribution in [3.05, 3.63) is 0 Å². The summed E-state index contributed by atoms with van der Waals surface area (Å²) in [5.74, 6) is 0. The number of carbonyl (C=O) groups excluding carboxylic acids is 1. The molecule has 0 bridgehead atoms. The van der Waals surface area contributed by atoms with Crippen LogP contribution in [0.2, 0.25) is 0 Å². The first-order valence-electron chi connectivity index (χ1n) is 0.741. The predicted octanol–water partition coefficient (Wildman–Crippen LogP) is -2.95. The van der Waals surface area contributed by atoms with Crippen molar-refractivity contribution in [2.75, 3.05) is 0 Å². The molecule has 0 aliphatic rings. The third-order valence-electron chi connectivity index (χ3n) is 0. The average Bonchev–Trinajstić information content (AvgIpc) is 1.41. The van der Waals surface area contributed by atoms with Crippen LogP contribution in [0.25, 0.3) is 0 Å². The van der Waals surface area contributed by atoms with Crippen LogP contribution >= 0.6 is 0 Å². The molecule has 0 radical (unpaired) electrons. The standard InChI is InChI=1S/CH2O3.Ba.Ni.O/c2-1(3)4;;;/h(H2,2,3,4);;;/q;+2;;/p-2. The summed E-state index contributed by atoms with van der Waals surface area (Å²) < 4.78 is 7.88. The van der Waals surface area contributed by atoms with Gasteiger partial charge in [0.15, 0.2) is 0 Å². The molecule has 0 rings (SSSR count). The molecule has 0 saturated heterocycles. The van der Waals surface area contributed by atoms with Gasteiger partial charge < -0.3 is 15.0 Å². The first-order chi connectivity index (χ1) is 2.73. The van der Waals surface area contributed by atoms with Crippen molar-refractivity contribution in [2.24, 2.45) is 0 Å². The van der Waals surface area contributed by atoms with Gasteiger partial charge in [0.1, 0.15) is 0 Å². The summed E-state index contributed by atoms with van der Waals surface area (Å²) in [7, 11) is 0. The third-order valence-corrected chi connectivity index (χ3v) is 0. The van der Waals surface area contributed by atoms with Crippen LogP contribution in [0.4, 0.5) is 4.79 Å². The molecule has 0 fully saturated rings. The minimum absolute atomic E-state index is 0. The van der Waals surface area contributed by atoms with Crippen LogP contribution in [0.3, 0.4) is 0 Å². The van der Waals surface area contributed by atoms with E-state index in [0.29, 0.717) is 0 Å². The van der Waals surface area contributed by atoms with E-state index in [-0.39, 0.29) is 48.9 Å². The maximum absolute atomic E-state index is 8.33. The van der Waals surface area contributed by atoms with Crippen molar-refractivity contribution < 1.29 is 34.3 Å². The van der Waals surface area contributed by atoms with E-state index < -0.39 is 6.16 Å². The molecule has 0 aromatic heterocycles. The normalized spacial score (nSPS) is 4.29. The van der Waals surface area contributed by atoms with Gasteiger partial charge in [-0.25, -0.2) is 0 Å². The van der Waals surface area contributed by atoms with E-state index in [1.54, 1.807) is 0 Å². The third kappa shape index (κ3) is 146. The van der Waals surface area contributed by atoms with Gasteiger partial charge in [-0.2, -0.15) is 0 Å². The summed E-state index contributed by atoms with van der Waals surface area (Å²) >= 11 is 2.62. The molecular formula is CBaNiO4. The summed E-state index contributed by atoms with van der Waals surface area (Å²) in [4.78, 5) is 8.33. The van der Waals surface area contributed by atoms with Crippen LogP contribution in [-0.4, -0.2) is 55.0 Å². The molecule has 0 aliphatic carbocycles. The second kappa shape index (κ2) is 15.7. The van der Waals surface area contributed by atoms with E-state index in [1.807, 2.05) is 0 Å². The van der Waals surface area contributed by atoms with Gasteiger partial charge in [0, 0.05) is 0 Å². The molecule has 0 aromatic rings. The maximum atomic E-state index is 8.33. The molecule has 7 heavy (non-hydrogen) atoms. The molecule has 0 heterocycles. The average molecular weight is 272 g/mol. The number of rotatable bonds is 0. The van der Waals surface area contributed by atoms with Gasteiger partial charge >= 0.3 is 68.2 Å². The topological polar surface area (TPSA) is 80.3 Å². The second-order valence-corrected chi connectivity index (χ2v) is 0.250. The Kier molecular flexibility index (Phi) is 35.2. The molecule has 0 atom stereocenters. The first kappa shape index (κ1) is 15.7. The molecule has 0 aromatic carbocycles. The zero-order valence-corrected chi connectivity index (χ0v) is 8.58. The van der Waals surface area contributed by atoms with Gasteiger partial charge in [0.2, 0.25) is 0 Å². The van der Waals surface area contributed by atoms with Gasteiger partial charge in [0.05, 0.1) is 0 Å². The van der Waals surface area contributed by atoms with Crippen LogP contribution in [0.5, 0.6) is 0 Å². The Balaban J connectivity index is -0.0000000480. The summed E-state index contributed by atoms with van der Waals surface area (Å²) in [6.07, 6.45) is -2.33. The number of hydrogen-bond donors (Lipinski definition) is 0. The minimum atomic E-state index is -2.33. The van der Waals surface area contributed by atoms with Gasteiger partial charge in [-0.3, -0.25) is 0 Å². The van der Waals surface area contributed by atoms with E-state index in [4.69, 9.17) is 18.9 Å². The predicted molar refractivity (Wildman–Crippen MR) is 11.8 cm³/mol. The molecule has 0 spiro atoms. The fraction of sp³-hybridized carbons (Fsp3) is 0. The summed E-state index contributed by atoms with van der Waals surface area (Å²) in [5, 5.41) is 16.7. The molecule has 0 aliphatic heterocycles. The van der Waals surface area contributed by atoms with Crippen molar-refractivity contribution in [3.63, 3.8) is 0 Å². The molecule has 0 unspecified atom stereocenters. The molecule has 4 nitrogen and oxygen atoms in total. The summed E-state index contributed by atoms with van der Waals surface area (Å²) in [5.41, 5.74) is 0. The van der Waals surface area contributed by atoms with E-state index >= 15 is 0 Å². The van der Waals surface area contributed by atoms with Gasteiger partial charge in [-0.1, -0.05) is 0 Å². The zero-order chi connectivity index (χ0) is 5.58. The van der Waals surface area contributed by atoms with Crippen LogP contribution in [0.1, 0.15) is 0 Å². The second-order valence-electron chi connectivity index (χ2n) is 0.250. The van der Waals surface area contributed by atoms with E-state index in [1.165, 1.54) is 0 Å². The molecule has 6 heteroatoms. The molecule has 40 valence electrons. The van der Waals surface area contributed by atoms with E-state index in [9.17, 15) is 0 Å². The van der Waals surface area contributed by atoms with Crippen LogP contribution in [0.15, 0.2) is 0 Å². The van der Waals surface area contributed by atoms with Crippen molar-refractivity contribution >= 4 is 55.0 Å². The number of carboxylic acid groups (broad SMARTS) is 2. The van der Waals surface area contributed by atoms with E-state index in [2.05, 4.69) is 15.4 Å². The van der Waals surface area contributed by atoms with Gasteiger partial charge in [-0.15, -0.1) is 0 Å². The summed E-state index contributed by atoms with van der Waals surface area (Å²) in [6.45, 7) is 0. The van der Waals surface area contributed by atoms with Crippen molar-refractivity contribution in [3.8, 4) is 0 Å². The quantitative estimate of drug-likeness (QED) is 0.442. The summed E-state index contributed by atoms with van der Waals surface area (Å²) in [6, 6.07) is 0. The SMILES string of the molecule is O=C([O-])[O-].[Ba+2].[O]=[Ni]. The Morgan fingerprint density at radius 3 is 1.29 bits per heavy atom. The Labute approximate surface area is 87.9 Å². The Morgan fingerprint density at radius 2 is 1.29 bits per heavy atom. The zero-order valence-electron chi connectivity index (χ0n) is 3.16. The number of carbonyl (C=O) groups is 1. The fourth-order valence-corrected chi connectivity index (χ4v) is 0. The molecule has 0 saturated carbocycles. The Morgan fingerprint density at radius 1 is 1.29 bits per heavy atom. The van der Waals surface area contributed by atoms with Crippen molar-refractivity contribution in [2.45, 2.75) is 0 Å².